The summed E-state index contributed by atoms with van der Waals surface area (Å²) in [6.45, 7) is 3.86. The van der Waals surface area contributed by atoms with Crippen molar-refractivity contribution in [3.05, 3.63) is 73.3 Å². The summed E-state index contributed by atoms with van der Waals surface area (Å²) in [7, 11) is 0.131. The molecule has 2 aromatic rings. The van der Waals surface area contributed by atoms with Gasteiger partial charge in [-0.15, -0.1) is 0 Å². The van der Waals surface area contributed by atoms with Gasteiger partial charge >= 0.3 is 0 Å². The Bertz CT molecular complexity index is 394. The second kappa shape index (κ2) is 5.57. The van der Waals surface area contributed by atoms with Crippen LogP contribution in [0.25, 0.3) is 0 Å². The third-order valence-electron chi connectivity index (χ3n) is 2.34. The van der Waals surface area contributed by atoms with Crippen molar-refractivity contribution in [2.75, 3.05) is 5.75 Å². The Hall–Kier alpha value is -1.47. The average Bonchev–Trinajstić information content (AvgIpc) is 2.38. The molecule has 0 heterocycles. The first kappa shape index (κ1) is 11.0. The van der Waals surface area contributed by atoms with Crippen molar-refractivity contribution in [2.45, 2.75) is 9.79 Å². The van der Waals surface area contributed by atoms with E-state index in [1.165, 1.54) is 9.79 Å². The van der Waals surface area contributed by atoms with Crippen LogP contribution in [0.3, 0.4) is 0 Å². The van der Waals surface area contributed by atoms with Crippen LogP contribution in [0.15, 0.2) is 83.1 Å². The molecule has 0 unspecified atom stereocenters. The Morgan fingerprint density at radius 3 is 1.62 bits per heavy atom. The minimum Gasteiger partial charge on any atom is -0.0984 e. The smallest absolute Gasteiger partial charge is 0.0984 e. The van der Waals surface area contributed by atoms with Gasteiger partial charge in [-0.1, -0.05) is 43.0 Å². The largest absolute Gasteiger partial charge is 0.161 e. The molecule has 0 bridgehead atoms. The van der Waals surface area contributed by atoms with E-state index in [9.17, 15) is 0 Å². The van der Waals surface area contributed by atoms with Crippen LogP contribution in [0.2, 0.25) is 0 Å². The maximum Gasteiger partial charge on any atom is 0.161 e. The Morgan fingerprint density at radius 1 is 0.812 bits per heavy atom. The summed E-state index contributed by atoms with van der Waals surface area (Å²) >= 11 is 0. The molecule has 0 saturated heterocycles. The van der Waals surface area contributed by atoms with E-state index in [0.717, 1.165) is 5.75 Å². The summed E-state index contributed by atoms with van der Waals surface area (Å²) in [5, 5.41) is 0. The molecule has 0 N–H and O–H groups in total. The number of rotatable bonds is 4. The van der Waals surface area contributed by atoms with Crippen molar-refractivity contribution in [3.63, 3.8) is 0 Å². The van der Waals surface area contributed by atoms with E-state index >= 15 is 0 Å². The van der Waals surface area contributed by atoms with E-state index in [1.54, 1.807) is 0 Å². The highest BCUT2D eigenvalue weighted by molar-refractivity contribution is 7.97. The SMILES string of the molecule is C=CC[S+](c1ccccc1)c1ccccc1. The summed E-state index contributed by atoms with van der Waals surface area (Å²) in [6, 6.07) is 21.3. The van der Waals surface area contributed by atoms with Gasteiger partial charge in [-0.05, 0) is 30.3 Å². The molecular weight excluding hydrogens is 212 g/mol. The second-order valence-electron chi connectivity index (χ2n) is 3.47. The zero-order valence-electron chi connectivity index (χ0n) is 9.17. The minimum absolute atomic E-state index is 0.131. The van der Waals surface area contributed by atoms with Crippen molar-refractivity contribution in [2.24, 2.45) is 0 Å². The van der Waals surface area contributed by atoms with Gasteiger partial charge in [-0.3, -0.25) is 0 Å². The van der Waals surface area contributed by atoms with E-state index in [-0.39, 0.29) is 10.9 Å². The van der Waals surface area contributed by atoms with Gasteiger partial charge in [0.2, 0.25) is 0 Å². The first-order valence-corrected chi connectivity index (χ1v) is 6.73. The van der Waals surface area contributed by atoms with Gasteiger partial charge in [-0.25, -0.2) is 0 Å². The summed E-state index contributed by atoms with van der Waals surface area (Å²) in [4.78, 5) is 2.77. The van der Waals surface area contributed by atoms with Gasteiger partial charge in [0.05, 0.1) is 10.9 Å². The third-order valence-corrected chi connectivity index (χ3v) is 4.59. The van der Waals surface area contributed by atoms with Crippen LogP contribution in [-0.2, 0) is 10.9 Å². The molecule has 0 fully saturated rings. The van der Waals surface area contributed by atoms with Crippen LogP contribution < -0.4 is 0 Å². The van der Waals surface area contributed by atoms with Crippen LogP contribution >= 0.6 is 0 Å². The van der Waals surface area contributed by atoms with E-state index in [1.807, 2.05) is 6.08 Å². The predicted octanol–water partition coefficient (Wildman–Crippen LogP) is 3.91. The van der Waals surface area contributed by atoms with Gasteiger partial charge in [0.1, 0.15) is 5.75 Å². The van der Waals surface area contributed by atoms with Crippen molar-refractivity contribution in [3.8, 4) is 0 Å². The number of hydrogen-bond acceptors (Lipinski definition) is 0. The highest BCUT2D eigenvalue weighted by Crippen LogP contribution is 2.23. The van der Waals surface area contributed by atoms with E-state index in [2.05, 4.69) is 67.2 Å². The average molecular weight is 227 g/mol. The Kier molecular flexibility index (Phi) is 3.84. The third kappa shape index (κ3) is 2.56. The monoisotopic (exact) mass is 227 g/mol. The first-order chi connectivity index (χ1) is 7.92. The number of benzene rings is 2. The molecule has 1 heteroatoms. The van der Waals surface area contributed by atoms with Crippen LogP contribution in [0.1, 0.15) is 0 Å². The summed E-state index contributed by atoms with van der Waals surface area (Å²) < 4.78 is 0. The second-order valence-corrected chi connectivity index (χ2v) is 5.53. The molecule has 0 atom stereocenters. The highest BCUT2D eigenvalue weighted by atomic mass is 32.2. The number of hydrogen-bond donors (Lipinski definition) is 0. The van der Waals surface area contributed by atoms with E-state index in [4.69, 9.17) is 0 Å². The zero-order valence-corrected chi connectivity index (χ0v) is 9.99. The lowest BCUT2D eigenvalue weighted by atomic mass is 10.4. The summed E-state index contributed by atoms with van der Waals surface area (Å²) in [6.07, 6.45) is 2.00. The molecule has 80 valence electrons. The van der Waals surface area contributed by atoms with E-state index < -0.39 is 0 Å². The van der Waals surface area contributed by atoms with Crippen molar-refractivity contribution >= 4 is 10.9 Å². The maximum atomic E-state index is 3.86. The Labute approximate surface area is 100.0 Å². The normalized spacial score (nSPS) is 10.3. The molecule has 2 aromatic carbocycles. The molecule has 0 aliphatic carbocycles. The Balaban J connectivity index is 2.35. The molecule has 0 spiro atoms. The summed E-state index contributed by atoms with van der Waals surface area (Å²) in [5.74, 6) is 1.01. The maximum absolute atomic E-state index is 3.86. The lowest BCUT2D eigenvalue weighted by Gasteiger charge is -2.05. The fraction of sp³-hybridized carbons (Fsp3) is 0.0667. The molecule has 0 radical (unpaired) electrons. The molecular formula is C15H15S+. The van der Waals surface area contributed by atoms with Crippen LogP contribution in [0.4, 0.5) is 0 Å². The molecule has 0 saturated carbocycles. The van der Waals surface area contributed by atoms with Crippen molar-refractivity contribution in [1.82, 2.24) is 0 Å². The van der Waals surface area contributed by atoms with Crippen LogP contribution in [0.5, 0.6) is 0 Å². The first-order valence-electron chi connectivity index (χ1n) is 5.33. The van der Waals surface area contributed by atoms with Gasteiger partial charge in [0.25, 0.3) is 0 Å². The predicted molar refractivity (Wildman–Crippen MR) is 71.8 cm³/mol. The lowest BCUT2D eigenvalue weighted by molar-refractivity contribution is 1.36. The molecule has 0 nitrogen and oxygen atoms in total. The van der Waals surface area contributed by atoms with Gasteiger partial charge in [-0.2, -0.15) is 0 Å². The molecule has 16 heavy (non-hydrogen) atoms. The molecule has 0 amide bonds. The van der Waals surface area contributed by atoms with Gasteiger partial charge in [0, 0.05) is 0 Å². The van der Waals surface area contributed by atoms with Gasteiger partial charge < -0.3 is 0 Å². The standard InChI is InChI=1S/C15H15S/c1-2-13-16(14-9-5-3-6-10-14)15-11-7-4-8-12-15/h2-12H,1,13H2/q+1. The Morgan fingerprint density at radius 2 is 1.25 bits per heavy atom. The van der Waals surface area contributed by atoms with E-state index in [0.29, 0.717) is 0 Å². The van der Waals surface area contributed by atoms with Crippen LogP contribution in [-0.4, -0.2) is 5.75 Å². The fourth-order valence-electron chi connectivity index (χ4n) is 1.62. The molecule has 2 rings (SSSR count). The summed E-state index contributed by atoms with van der Waals surface area (Å²) in [5.41, 5.74) is 0. The zero-order chi connectivity index (χ0) is 11.2. The van der Waals surface area contributed by atoms with Crippen molar-refractivity contribution < 1.29 is 0 Å². The van der Waals surface area contributed by atoms with Crippen LogP contribution in [0, 0.1) is 0 Å². The highest BCUT2D eigenvalue weighted by Gasteiger charge is 2.22. The lowest BCUT2D eigenvalue weighted by Crippen LogP contribution is -2.06. The molecule has 0 aliphatic heterocycles. The fourth-order valence-corrected chi connectivity index (χ4v) is 3.48. The molecule has 0 aliphatic rings. The minimum atomic E-state index is 0.131. The quantitative estimate of drug-likeness (QED) is 0.549. The van der Waals surface area contributed by atoms with Gasteiger partial charge in [0.15, 0.2) is 9.79 Å². The molecule has 0 aromatic heterocycles. The topological polar surface area (TPSA) is 0 Å². The van der Waals surface area contributed by atoms with Crippen molar-refractivity contribution in [1.29, 1.82) is 0 Å².